The number of hydrogen-bond acceptors (Lipinski definition) is 8. The second kappa shape index (κ2) is 16.9. The summed E-state index contributed by atoms with van der Waals surface area (Å²) in [5.74, 6) is -0.458. The van der Waals surface area contributed by atoms with E-state index in [2.05, 4.69) is 132 Å². The van der Waals surface area contributed by atoms with E-state index in [4.69, 9.17) is 18.9 Å². The Morgan fingerprint density at radius 3 is 1.20 bits per heavy atom. The third-order valence-electron chi connectivity index (χ3n) is 12.4. The van der Waals surface area contributed by atoms with E-state index in [0.29, 0.717) is 28.4 Å². The van der Waals surface area contributed by atoms with Gasteiger partial charge in [-0.1, -0.05) is 144 Å². The Morgan fingerprint density at radius 1 is 0.531 bits per heavy atom. The Morgan fingerprint density at radius 2 is 0.844 bits per heavy atom. The van der Waals surface area contributed by atoms with Crippen molar-refractivity contribution in [2.45, 2.75) is 137 Å². The number of phenolic OH excluding ortho intramolecular Hbond substituents is 1. The maximum Gasteiger partial charge on any atom is 0.344 e. The van der Waals surface area contributed by atoms with Crippen LogP contribution in [0.3, 0.4) is 0 Å². The summed E-state index contributed by atoms with van der Waals surface area (Å²) >= 11 is 0. The molecule has 0 radical (unpaired) electrons. The summed E-state index contributed by atoms with van der Waals surface area (Å²) in [4.78, 5) is 42.1. The van der Waals surface area contributed by atoms with Crippen molar-refractivity contribution < 1.29 is 38.4 Å². The SMILES string of the molecule is CCOC(=O)COc1c2cc(C(C)(C)C)cc1Cc1cc(C(C)(C)C)cc3c1OC(=O)c1ccccc1C(=O)Oc1c(cc(C(C)(C)C)cc1C3)Cc1cc(C(C)(C)C)cc(c1O)C2. The molecule has 1 aliphatic carbocycles. The van der Waals surface area contributed by atoms with Crippen LogP contribution in [0.25, 0.3) is 0 Å². The van der Waals surface area contributed by atoms with Crippen molar-refractivity contribution in [3.63, 3.8) is 0 Å². The first-order valence-electron chi connectivity index (χ1n) is 22.5. The van der Waals surface area contributed by atoms with E-state index in [9.17, 15) is 19.5 Å². The molecule has 5 aromatic rings. The number of ether oxygens (including phenoxy) is 4. The van der Waals surface area contributed by atoms with E-state index < -0.39 is 17.9 Å². The van der Waals surface area contributed by atoms with Gasteiger partial charge in [-0.15, -0.1) is 0 Å². The number of rotatable bonds is 4. The van der Waals surface area contributed by atoms with E-state index in [1.807, 2.05) is 0 Å². The lowest BCUT2D eigenvalue weighted by Gasteiger charge is -2.28. The van der Waals surface area contributed by atoms with Crippen molar-refractivity contribution in [3.05, 3.63) is 151 Å². The highest BCUT2D eigenvalue weighted by Gasteiger charge is 2.32. The molecular weight excluding hydrogens is 801 g/mol. The van der Waals surface area contributed by atoms with Crippen LogP contribution < -0.4 is 14.2 Å². The molecule has 336 valence electrons. The maximum absolute atomic E-state index is 14.6. The van der Waals surface area contributed by atoms with Crippen molar-refractivity contribution in [2.24, 2.45) is 0 Å². The smallest absolute Gasteiger partial charge is 0.344 e. The van der Waals surface area contributed by atoms with Crippen molar-refractivity contribution in [1.29, 1.82) is 0 Å². The van der Waals surface area contributed by atoms with Gasteiger partial charge in [0.2, 0.25) is 0 Å². The Labute approximate surface area is 379 Å². The second-order valence-electron chi connectivity index (χ2n) is 21.6. The van der Waals surface area contributed by atoms with E-state index >= 15 is 0 Å². The van der Waals surface area contributed by atoms with Crippen LogP contribution in [0.15, 0.2) is 72.8 Å². The van der Waals surface area contributed by atoms with Gasteiger partial charge >= 0.3 is 17.9 Å². The van der Waals surface area contributed by atoms with Crippen LogP contribution in [0.1, 0.15) is 177 Å². The quantitative estimate of drug-likeness (QED) is 0.138. The summed E-state index contributed by atoms with van der Waals surface area (Å²) in [6.45, 7) is 27.5. The summed E-state index contributed by atoms with van der Waals surface area (Å²) in [5.41, 5.74) is 8.90. The fourth-order valence-corrected chi connectivity index (χ4v) is 8.55. The zero-order chi connectivity index (χ0) is 46.7. The van der Waals surface area contributed by atoms with Crippen molar-refractivity contribution in [3.8, 4) is 23.0 Å². The minimum Gasteiger partial charge on any atom is -0.507 e. The van der Waals surface area contributed by atoms with Gasteiger partial charge in [-0.2, -0.15) is 0 Å². The number of aromatic hydroxyl groups is 1. The molecule has 0 saturated heterocycles. The Hall–Kier alpha value is -5.89. The molecule has 1 aliphatic heterocycles. The van der Waals surface area contributed by atoms with Crippen LogP contribution in [-0.4, -0.2) is 36.2 Å². The van der Waals surface area contributed by atoms with Gasteiger partial charge in [0, 0.05) is 47.9 Å². The largest absolute Gasteiger partial charge is 0.507 e. The first-order chi connectivity index (χ1) is 29.8. The highest BCUT2D eigenvalue weighted by molar-refractivity contribution is 6.04. The molecule has 2 aliphatic rings. The highest BCUT2D eigenvalue weighted by Crippen LogP contribution is 2.45. The first-order valence-corrected chi connectivity index (χ1v) is 22.5. The Kier molecular flexibility index (Phi) is 12.2. The topological polar surface area (TPSA) is 108 Å². The first kappa shape index (κ1) is 46.1. The molecule has 64 heavy (non-hydrogen) atoms. The van der Waals surface area contributed by atoms with Gasteiger partial charge in [0.15, 0.2) is 6.61 Å². The number of fused-ring (bicyclic) bond motifs is 5. The molecule has 0 atom stereocenters. The number of carbonyl (C=O) groups excluding carboxylic acids is 3. The van der Waals surface area contributed by atoms with Crippen LogP contribution in [0, 0.1) is 0 Å². The summed E-state index contributed by atoms with van der Waals surface area (Å²) in [6.07, 6.45) is 1.02. The van der Waals surface area contributed by atoms with Crippen LogP contribution in [-0.2, 0) is 56.9 Å². The van der Waals surface area contributed by atoms with E-state index in [1.54, 1.807) is 31.2 Å². The standard InChI is InChI=1S/C56H64O8/c1-14-61-46(57)31-62-48-34-19-32-23-40(53(2,3)4)24-33(47(32)58)20-36-27-42(55(8,9)10)29-38-22-39-30-43(56(11,12)13)28-37(21-35(48)26-41(25-34)54(5,6)7)50(39)64-52(60)45-18-16-15-17-44(45)51(59)63-49(36)38/h15-18,23-30,58H,14,19-22,31H2,1-13H3. The predicted octanol–water partition coefficient (Wildman–Crippen LogP) is 12.0. The molecule has 0 amide bonds. The molecule has 5 aromatic carbocycles. The van der Waals surface area contributed by atoms with Gasteiger partial charge in [-0.05, 0) is 85.2 Å². The second-order valence-corrected chi connectivity index (χ2v) is 21.6. The van der Waals surface area contributed by atoms with Crippen molar-refractivity contribution in [1.82, 2.24) is 0 Å². The fraction of sp³-hybridized carbons (Fsp3) is 0.411. The zero-order valence-corrected chi connectivity index (χ0v) is 40.0. The molecule has 1 heterocycles. The van der Waals surface area contributed by atoms with E-state index in [-0.39, 0.29) is 77.4 Å². The summed E-state index contributed by atoms with van der Waals surface area (Å²) in [6, 6.07) is 23.3. The molecule has 8 heteroatoms. The average molecular weight is 865 g/mol. The third-order valence-corrected chi connectivity index (χ3v) is 12.4. The Balaban J connectivity index is 1.67. The van der Waals surface area contributed by atoms with Crippen LogP contribution >= 0.6 is 0 Å². The number of hydrogen-bond donors (Lipinski definition) is 1. The van der Waals surface area contributed by atoms with Crippen LogP contribution in [0.5, 0.6) is 23.0 Å². The lowest BCUT2D eigenvalue weighted by molar-refractivity contribution is -0.145. The van der Waals surface area contributed by atoms with Gasteiger partial charge in [0.1, 0.15) is 23.0 Å². The molecule has 8 nitrogen and oxygen atoms in total. The van der Waals surface area contributed by atoms with Crippen LogP contribution in [0.2, 0.25) is 0 Å². The number of carbonyl (C=O) groups is 3. The third kappa shape index (κ3) is 9.62. The van der Waals surface area contributed by atoms with E-state index in [0.717, 1.165) is 55.6 Å². The monoisotopic (exact) mass is 864 g/mol. The van der Waals surface area contributed by atoms with Crippen molar-refractivity contribution >= 4 is 17.9 Å². The van der Waals surface area contributed by atoms with Gasteiger partial charge in [-0.25, -0.2) is 14.4 Å². The number of benzene rings is 5. The molecule has 0 unspecified atom stereocenters. The fourth-order valence-electron chi connectivity index (χ4n) is 8.55. The molecule has 0 fully saturated rings. The van der Waals surface area contributed by atoms with E-state index in [1.165, 1.54) is 0 Å². The lowest BCUT2D eigenvalue weighted by atomic mass is 9.79. The van der Waals surface area contributed by atoms with Crippen molar-refractivity contribution in [2.75, 3.05) is 13.2 Å². The average Bonchev–Trinajstić information content (AvgIpc) is 3.20. The normalized spacial score (nSPS) is 14.3. The zero-order valence-electron chi connectivity index (χ0n) is 40.0. The minimum atomic E-state index is -0.684. The Bertz CT molecular complexity index is 2670. The predicted molar refractivity (Wildman–Crippen MR) is 252 cm³/mol. The summed E-state index contributed by atoms with van der Waals surface area (Å²) in [5, 5.41) is 12.5. The summed E-state index contributed by atoms with van der Waals surface area (Å²) < 4.78 is 25.1. The van der Waals surface area contributed by atoms with Gasteiger partial charge in [0.25, 0.3) is 0 Å². The molecule has 1 N–H and O–H groups in total. The molecule has 0 spiro atoms. The molecule has 7 rings (SSSR count). The molecule has 10 bridgehead atoms. The molecule has 0 saturated carbocycles. The minimum absolute atomic E-state index is 0.0779. The van der Waals surface area contributed by atoms with Gasteiger partial charge in [0.05, 0.1) is 17.7 Å². The summed E-state index contributed by atoms with van der Waals surface area (Å²) in [7, 11) is 0. The molecular formula is C56H64O8. The van der Waals surface area contributed by atoms with Gasteiger partial charge < -0.3 is 24.1 Å². The maximum atomic E-state index is 14.6. The highest BCUT2D eigenvalue weighted by atomic mass is 16.6. The molecule has 0 aromatic heterocycles. The lowest BCUT2D eigenvalue weighted by Crippen LogP contribution is -2.20. The van der Waals surface area contributed by atoms with Crippen LogP contribution in [0.4, 0.5) is 0 Å². The van der Waals surface area contributed by atoms with Gasteiger partial charge in [-0.3, -0.25) is 0 Å². The number of phenols is 1. The number of esters is 3.